The topological polar surface area (TPSA) is 61.5 Å². The minimum atomic E-state index is -0.597. The number of hydrogen-bond donors (Lipinski definition) is 1. The molecule has 1 aliphatic carbocycles. The van der Waals surface area contributed by atoms with Gasteiger partial charge in [0.1, 0.15) is 6.10 Å². The molecule has 0 bridgehead atoms. The zero-order chi connectivity index (χ0) is 8.97. The van der Waals surface area contributed by atoms with Crippen LogP contribution in [0.5, 0.6) is 0 Å². The van der Waals surface area contributed by atoms with Crippen LogP contribution in [0.15, 0.2) is 0 Å². The summed E-state index contributed by atoms with van der Waals surface area (Å²) in [4.78, 5) is 10.8. The van der Waals surface area contributed by atoms with Gasteiger partial charge in [-0.25, -0.2) is 4.79 Å². The van der Waals surface area contributed by atoms with E-state index >= 15 is 0 Å². The SMILES string of the molecule is CCOC(=O)OC1CCCC1N. The fourth-order valence-corrected chi connectivity index (χ4v) is 1.38. The van der Waals surface area contributed by atoms with Crippen LogP contribution in [0, 0.1) is 0 Å². The third-order valence-corrected chi connectivity index (χ3v) is 2.01. The summed E-state index contributed by atoms with van der Waals surface area (Å²) in [6.45, 7) is 2.09. The van der Waals surface area contributed by atoms with Gasteiger partial charge in [0.25, 0.3) is 0 Å². The first-order valence-electron chi connectivity index (χ1n) is 4.33. The molecule has 1 saturated carbocycles. The second-order valence-corrected chi connectivity index (χ2v) is 2.93. The molecular formula is C8H15NO3. The van der Waals surface area contributed by atoms with Gasteiger partial charge < -0.3 is 15.2 Å². The van der Waals surface area contributed by atoms with Crippen molar-refractivity contribution in [1.29, 1.82) is 0 Å². The van der Waals surface area contributed by atoms with E-state index in [0.29, 0.717) is 6.61 Å². The first-order valence-corrected chi connectivity index (χ1v) is 4.33. The van der Waals surface area contributed by atoms with Gasteiger partial charge in [0, 0.05) is 6.04 Å². The zero-order valence-corrected chi connectivity index (χ0v) is 7.29. The molecule has 70 valence electrons. The van der Waals surface area contributed by atoms with Crippen LogP contribution in [0.2, 0.25) is 0 Å². The lowest BCUT2D eigenvalue weighted by Crippen LogP contribution is -2.33. The number of ether oxygens (including phenoxy) is 2. The van der Waals surface area contributed by atoms with Gasteiger partial charge in [-0.15, -0.1) is 0 Å². The number of carbonyl (C=O) groups excluding carboxylic acids is 1. The molecule has 1 fully saturated rings. The van der Waals surface area contributed by atoms with Crippen molar-refractivity contribution in [1.82, 2.24) is 0 Å². The maximum Gasteiger partial charge on any atom is 0.508 e. The molecule has 0 aromatic rings. The van der Waals surface area contributed by atoms with E-state index in [2.05, 4.69) is 4.74 Å². The molecule has 0 aliphatic heterocycles. The van der Waals surface area contributed by atoms with Crippen LogP contribution in [0.3, 0.4) is 0 Å². The van der Waals surface area contributed by atoms with Gasteiger partial charge in [-0.2, -0.15) is 0 Å². The lowest BCUT2D eigenvalue weighted by Gasteiger charge is -2.15. The molecule has 0 heterocycles. The zero-order valence-electron chi connectivity index (χ0n) is 7.29. The van der Waals surface area contributed by atoms with Crippen LogP contribution in [0.25, 0.3) is 0 Å². The highest BCUT2D eigenvalue weighted by atomic mass is 16.7. The molecule has 0 aromatic carbocycles. The molecule has 2 unspecified atom stereocenters. The van der Waals surface area contributed by atoms with Crippen LogP contribution in [0.1, 0.15) is 26.2 Å². The van der Waals surface area contributed by atoms with Gasteiger partial charge in [-0.1, -0.05) is 0 Å². The minimum Gasteiger partial charge on any atom is -0.435 e. The number of nitrogens with two attached hydrogens (primary N) is 1. The van der Waals surface area contributed by atoms with Crippen molar-refractivity contribution in [3.05, 3.63) is 0 Å². The molecule has 4 heteroatoms. The minimum absolute atomic E-state index is 0.00518. The van der Waals surface area contributed by atoms with E-state index in [1.165, 1.54) is 0 Å². The highest BCUT2D eigenvalue weighted by molar-refractivity contribution is 5.60. The maximum absolute atomic E-state index is 10.8. The second kappa shape index (κ2) is 4.30. The van der Waals surface area contributed by atoms with E-state index in [9.17, 15) is 4.79 Å². The Bertz CT molecular complexity index is 160. The molecule has 0 aromatic heterocycles. The Balaban J connectivity index is 2.25. The van der Waals surface area contributed by atoms with Crippen molar-refractivity contribution in [2.45, 2.75) is 38.3 Å². The van der Waals surface area contributed by atoms with Gasteiger partial charge in [0.2, 0.25) is 0 Å². The fraction of sp³-hybridized carbons (Fsp3) is 0.875. The Morgan fingerprint density at radius 2 is 2.33 bits per heavy atom. The van der Waals surface area contributed by atoms with Gasteiger partial charge in [0.15, 0.2) is 0 Å². The average molecular weight is 173 g/mol. The number of carbonyl (C=O) groups is 1. The van der Waals surface area contributed by atoms with E-state index in [0.717, 1.165) is 19.3 Å². The number of rotatable bonds is 2. The quantitative estimate of drug-likeness (QED) is 0.634. The summed E-state index contributed by atoms with van der Waals surface area (Å²) in [5.41, 5.74) is 5.69. The van der Waals surface area contributed by atoms with Crippen molar-refractivity contribution in [3.8, 4) is 0 Å². The monoisotopic (exact) mass is 173 g/mol. The molecular weight excluding hydrogens is 158 g/mol. The molecule has 1 aliphatic rings. The lowest BCUT2D eigenvalue weighted by atomic mass is 10.2. The predicted molar refractivity (Wildman–Crippen MR) is 43.7 cm³/mol. The van der Waals surface area contributed by atoms with Crippen molar-refractivity contribution in [3.63, 3.8) is 0 Å². The van der Waals surface area contributed by atoms with Crippen LogP contribution < -0.4 is 5.73 Å². The smallest absolute Gasteiger partial charge is 0.435 e. The Labute approximate surface area is 72.0 Å². The summed E-state index contributed by atoms with van der Waals surface area (Å²) in [7, 11) is 0. The summed E-state index contributed by atoms with van der Waals surface area (Å²) in [5.74, 6) is 0. The summed E-state index contributed by atoms with van der Waals surface area (Å²) < 4.78 is 9.61. The van der Waals surface area contributed by atoms with Crippen molar-refractivity contribution in [2.75, 3.05) is 6.61 Å². The standard InChI is InChI=1S/C8H15NO3/c1-2-11-8(10)12-7-5-3-4-6(7)9/h6-7H,2-5,9H2,1H3. The van der Waals surface area contributed by atoms with Gasteiger partial charge in [-0.3, -0.25) is 0 Å². The third-order valence-electron chi connectivity index (χ3n) is 2.01. The van der Waals surface area contributed by atoms with Gasteiger partial charge in [0.05, 0.1) is 6.61 Å². The number of hydrogen-bond acceptors (Lipinski definition) is 4. The molecule has 0 amide bonds. The average Bonchev–Trinajstić information content (AvgIpc) is 2.37. The first-order chi connectivity index (χ1) is 5.74. The van der Waals surface area contributed by atoms with E-state index in [1.54, 1.807) is 6.92 Å². The van der Waals surface area contributed by atoms with Gasteiger partial charge >= 0.3 is 6.16 Å². The van der Waals surface area contributed by atoms with E-state index in [4.69, 9.17) is 10.5 Å². The Morgan fingerprint density at radius 3 is 2.83 bits per heavy atom. The Kier molecular flexibility index (Phi) is 3.34. The van der Waals surface area contributed by atoms with Crippen LogP contribution in [-0.4, -0.2) is 24.9 Å². The van der Waals surface area contributed by atoms with Crippen molar-refractivity contribution in [2.24, 2.45) is 5.73 Å². The third kappa shape index (κ3) is 2.37. The predicted octanol–water partition coefficient (Wildman–Crippen LogP) is 1.04. The van der Waals surface area contributed by atoms with Crippen molar-refractivity contribution >= 4 is 6.16 Å². The van der Waals surface area contributed by atoms with E-state index in [1.807, 2.05) is 0 Å². The lowest BCUT2D eigenvalue weighted by molar-refractivity contribution is 0.0237. The Hall–Kier alpha value is -0.770. The molecule has 12 heavy (non-hydrogen) atoms. The molecule has 2 N–H and O–H groups in total. The van der Waals surface area contributed by atoms with Crippen molar-refractivity contribution < 1.29 is 14.3 Å². The van der Waals surface area contributed by atoms with Crippen LogP contribution in [-0.2, 0) is 9.47 Å². The van der Waals surface area contributed by atoms with E-state index < -0.39 is 6.16 Å². The molecule has 0 radical (unpaired) electrons. The highest BCUT2D eigenvalue weighted by Crippen LogP contribution is 2.20. The normalized spacial score (nSPS) is 28.5. The summed E-state index contributed by atoms with van der Waals surface area (Å²) in [6, 6.07) is -0.00518. The molecule has 1 rings (SSSR count). The summed E-state index contributed by atoms with van der Waals surface area (Å²) >= 11 is 0. The highest BCUT2D eigenvalue weighted by Gasteiger charge is 2.27. The van der Waals surface area contributed by atoms with Crippen LogP contribution in [0.4, 0.5) is 4.79 Å². The molecule has 4 nitrogen and oxygen atoms in total. The molecule has 2 atom stereocenters. The largest absolute Gasteiger partial charge is 0.508 e. The van der Waals surface area contributed by atoms with E-state index in [-0.39, 0.29) is 12.1 Å². The fourth-order valence-electron chi connectivity index (χ4n) is 1.38. The second-order valence-electron chi connectivity index (χ2n) is 2.93. The maximum atomic E-state index is 10.8. The van der Waals surface area contributed by atoms with Crippen LogP contribution >= 0.6 is 0 Å². The molecule has 0 spiro atoms. The summed E-state index contributed by atoms with van der Waals surface area (Å²) in [6.07, 6.45) is 2.10. The van der Waals surface area contributed by atoms with Gasteiger partial charge in [-0.05, 0) is 26.2 Å². The Morgan fingerprint density at radius 1 is 1.58 bits per heavy atom. The summed E-state index contributed by atoms with van der Waals surface area (Å²) in [5, 5.41) is 0. The molecule has 0 saturated heterocycles. The first kappa shape index (κ1) is 9.32.